The van der Waals surface area contributed by atoms with Crippen LogP contribution in [-0.2, 0) is 49.4 Å². The maximum Gasteiger partial charge on any atom is 0.358 e. The quantitative estimate of drug-likeness (QED) is 0.164. The van der Waals surface area contributed by atoms with E-state index in [1.54, 1.807) is 10.9 Å². The van der Waals surface area contributed by atoms with Crippen LogP contribution in [-0.4, -0.2) is 134 Å². The number of aliphatic hydroxyl groups excluding tert-OH is 1. The van der Waals surface area contributed by atoms with Crippen molar-refractivity contribution in [3.8, 4) is 0 Å². The Morgan fingerprint density at radius 3 is 1.78 bits per heavy atom. The molecule has 0 bridgehead atoms. The molecule has 19 heteroatoms. The fraction of sp³-hybridized carbons (Fsp3) is 0.625. The lowest BCUT2D eigenvalue weighted by molar-refractivity contribution is 0.0225. The molecule has 4 saturated heterocycles. The van der Waals surface area contributed by atoms with Crippen LogP contribution in [0.15, 0.2) is 20.7 Å². The first-order chi connectivity index (χ1) is 24.9. The number of hydrogen-bond acceptors (Lipinski definition) is 17. The van der Waals surface area contributed by atoms with Crippen LogP contribution in [0.2, 0.25) is 0 Å². The lowest BCUT2D eigenvalue weighted by Crippen LogP contribution is -2.53. The third-order valence-corrected chi connectivity index (χ3v) is 13.3. The van der Waals surface area contributed by atoms with Crippen molar-refractivity contribution >= 4 is 63.2 Å². The molecule has 4 fully saturated rings. The molecule has 0 spiro atoms. The number of carbonyl (C=O) groups excluding carboxylic acids is 1. The molecule has 51 heavy (non-hydrogen) atoms. The number of aromatic nitrogens is 5. The van der Waals surface area contributed by atoms with E-state index in [0.29, 0.717) is 55.6 Å². The van der Waals surface area contributed by atoms with Gasteiger partial charge in [-0.1, -0.05) is 0 Å². The first kappa shape index (κ1) is 35.0. The van der Waals surface area contributed by atoms with E-state index in [0.717, 1.165) is 104 Å². The van der Waals surface area contributed by atoms with Crippen LogP contribution in [0, 0.1) is 0 Å². The molecule has 274 valence electrons. The highest BCUT2D eigenvalue weighted by Gasteiger charge is 2.42. The van der Waals surface area contributed by atoms with Crippen molar-refractivity contribution in [1.29, 1.82) is 0 Å². The zero-order valence-electron chi connectivity index (χ0n) is 28.1. The van der Waals surface area contributed by atoms with Crippen LogP contribution < -0.4 is 20.4 Å². The Hall–Kier alpha value is -3.04. The van der Waals surface area contributed by atoms with Gasteiger partial charge < -0.3 is 39.8 Å². The molecule has 16 nitrogen and oxygen atoms in total. The number of hydrogen-bond donors (Lipinski definition) is 5. The summed E-state index contributed by atoms with van der Waals surface area (Å²) >= 11 is -0.208. The SMILES string of the molecule is O=C(OC1CN(c2nc3c(c(NC4CCOCC4)n2)[S+](O)CC3)C1)c1cscn1.OC1CN(c2nc3c(c(NC4CCOCC4)n2)[S+](O)CC3)C1. The van der Waals surface area contributed by atoms with Gasteiger partial charge in [-0.2, -0.15) is 19.1 Å². The number of nitrogens with one attached hydrogen (secondary N) is 2. The lowest BCUT2D eigenvalue weighted by atomic mass is 10.1. The average molecular weight is 762 g/mol. The molecular formula is C32H43N9O7S3+2. The fourth-order valence-corrected chi connectivity index (χ4v) is 9.96. The summed E-state index contributed by atoms with van der Waals surface area (Å²) in [5.41, 5.74) is 3.83. The van der Waals surface area contributed by atoms with Gasteiger partial charge in [0.25, 0.3) is 9.79 Å². The summed E-state index contributed by atoms with van der Waals surface area (Å²) in [7, 11) is 0. The highest BCUT2D eigenvalue weighted by atomic mass is 32.2. The third kappa shape index (κ3) is 7.85. The van der Waals surface area contributed by atoms with Crippen LogP contribution in [0.4, 0.5) is 23.5 Å². The zero-order valence-corrected chi connectivity index (χ0v) is 30.6. The second-order valence-corrected chi connectivity index (χ2v) is 17.2. The minimum atomic E-state index is -0.814. The van der Waals surface area contributed by atoms with Crippen molar-refractivity contribution < 1.29 is 33.2 Å². The van der Waals surface area contributed by atoms with E-state index in [4.69, 9.17) is 19.2 Å². The van der Waals surface area contributed by atoms with Crippen LogP contribution in [0.5, 0.6) is 0 Å². The number of fused-ring (bicyclic) bond motifs is 2. The maximum absolute atomic E-state index is 12.0. The molecule has 9 heterocycles. The number of rotatable bonds is 8. The van der Waals surface area contributed by atoms with Crippen molar-refractivity contribution in [2.24, 2.45) is 0 Å². The summed E-state index contributed by atoms with van der Waals surface area (Å²) in [5.74, 6) is 3.84. The number of carbonyl (C=O) groups is 1. The summed E-state index contributed by atoms with van der Waals surface area (Å²) in [6.45, 7) is 5.27. The summed E-state index contributed by atoms with van der Waals surface area (Å²) in [6.07, 6.45) is 4.83. The minimum absolute atomic E-state index is 0.194. The summed E-state index contributed by atoms with van der Waals surface area (Å²) in [6, 6.07) is 0.622. The van der Waals surface area contributed by atoms with Crippen LogP contribution in [0.1, 0.15) is 47.6 Å². The fourth-order valence-electron chi connectivity index (χ4n) is 6.76. The number of esters is 1. The number of β-amino-alcohol motifs (C(OH)–C–C–N with tert-alkyl or cyclic N) is 1. The van der Waals surface area contributed by atoms with Gasteiger partial charge in [0, 0.05) is 69.8 Å². The smallest absolute Gasteiger partial charge is 0.358 e. The van der Waals surface area contributed by atoms with Gasteiger partial charge in [0.05, 0.1) is 24.7 Å². The van der Waals surface area contributed by atoms with E-state index in [1.807, 2.05) is 9.80 Å². The molecule has 6 aliphatic rings. The van der Waals surface area contributed by atoms with Crippen molar-refractivity contribution in [3.05, 3.63) is 28.0 Å². The number of ether oxygens (including phenoxy) is 3. The van der Waals surface area contributed by atoms with Gasteiger partial charge in [-0.3, -0.25) is 0 Å². The number of aliphatic hydroxyl groups is 1. The Morgan fingerprint density at radius 1 is 0.804 bits per heavy atom. The van der Waals surface area contributed by atoms with Gasteiger partial charge in [0.2, 0.25) is 11.9 Å². The first-order valence-corrected chi connectivity index (χ1v) is 21.1. The second-order valence-electron chi connectivity index (χ2n) is 13.4. The molecule has 0 radical (unpaired) electrons. The van der Waals surface area contributed by atoms with E-state index in [9.17, 15) is 19.0 Å². The Balaban J connectivity index is 0.000000152. The van der Waals surface area contributed by atoms with Crippen LogP contribution in [0.3, 0.4) is 0 Å². The Morgan fingerprint density at radius 2 is 1.31 bits per heavy atom. The van der Waals surface area contributed by atoms with Crippen molar-refractivity contribution in [3.63, 3.8) is 0 Å². The number of nitrogens with zero attached hydrogens (tertiary/aromatic N) is 7. The van der Waals surface area contributed by atoms with E-state index in [-0.39, 0.29) is 18.2 Å². The number of anilines is 4. The monoisotopic (exact) mass is 761 g/mol. The topological polar surface area (TPSA) is 200 Å². The maximum atomic E-state index is 12.0. The molecule has 9 rings (SSSR count). The third-order valence-electron chi connectivity index (χ3n) is 9.70. The van der Waals surface area contributed by atoms with Gasteiger partial charge in [0.15, 0.2) is 51.2 Å². The lowest BCUT2D eigenvalue weighted by Gasteiger charge is -2.38. The average Bonchev–Trinajstić information content (AvgIpc) is 3.87. The number of aryl methyl sites for hydroxylation is 2. The molecule has 2 unspecified atom stereocenters. The molecule has 0 amide bonds. The summed E-state index contributed by atoms with van der Waals surface area (Å²) < 4.78 is 37.0. The summed E-state index contributed by atoms with van der Waals surface area (Å²) in [4.78, 5) is 40.4. The van der Waals surface area contributed by atoms with E-state index < -0.39 is 28.3 Å². The molecule has 0 aliphatic carbocycles. The van der Waals surface area contributed by atoms with Crippen molar-refractivity contribution in [2.75, 3.05) is 84.5 Å². The molecule has 6 aliphatic heterocycles. The van der Waals surface area contributed by atoms with Gasteiger partial charge in [-0.25, -0.2) is 19.7 Å². The Kier molecular flexibility index (Phi) is 10.7. The Labute approximate surface area is 305 Å². The second kappa shape index (κ2) is 15.5. The van der Waals surface area contributed by atoms with Crippen LogP contribution in [0.25, 0.3) is 0 Å². The molecule has 3 aromatic heterocycles. The van der Waals surface area contributed by atoms with Crippen molar-refractivity contribution in [1.82, 2.24) is 24.9 Å². The van der Waals surface area contributed by atoms with E-state index in [1.165, 1.54) is 11.3 Å². The normalized spacial score (nSPS) is 23.8. The zero-order chi connectivity index (χ0) is 34.9. The largest absolute Gasteiger partial charge is 0.454 e. The van der Waals surface area contributed by atoms with Crippen LogP contribution >= 0.6 is 11.3 Å². The molecule has 0 aromatic carbocycles. The van der Waals surface area contributed by atoms with Gasteiger partial charge in [-0.05, 0) is 25.7 Å². The van der Waals surface area contributed by atoms with Crippen molar-refractivity contribution in [2.45, 2.75) is 72.6 Å². The Bertz CT molecular complexity index is 1680. The van der Waals surface area contributed by atoms with Gasteiger partial charge >= 0.3 is 5.97 Å². The standard InChI is InChI=1S/C18H22N5O4S2.C14H21N4O3S/c24-17(14-9-28-10-19-14)27-12-7-23(8-12)18-21-13-3-6-29(25)15(13)16(22-18)20-11-1-4-26-5-2-11;19-10-7-18(8-10)14-16-11-3-6-22(20)12(11)13(17-14)15-9-1-4-21-5-2-9/h9-12,25H,1-8H2,(H,20,21,22);9-10,19-20H,1-8H2,(H,15,16,17)/q2*+1. The van der Waals surface area contributed by atoms with Gasteiger partial charge in [0.1, 0.15) is 17.5 Å². The number of thiazole rings is 1. The predicted octanol–water partition coefficient (Wildman–Crippen LogP) is 1.83. The molecule has 2 atom stereocenters. The van der Waals surface area contributed by atoms with Gasteiger partial charge in [-0.15, -0.1) is 11.3 Å². The predicted molar refractivity (Wildman–Crippen MR) is 194 cm³/mol. The van der Waals surface area contributed by atoms with E-state index >= 15 is 0 Å². The summed E-state index contributed by atoms with van der Waals surface area (Å²) in [5, 5.41) is 18.2. The highest BCUT2D eigenvalue weighted by Crippen LogP contribution is 2.36. The molecule has 3 aromatic rings. The first-order valence-electron chi connectivity index (χ1n) is 17.5. The molecular weight excluding hydrogens is 719 g/mol. The minimum Gasteiger partial charge on any atom is -0.454 e. The molecule has 5 N–H and O–H groups in total. The molecule has 0 saturated carbocycles. The highest BCUT2D eigenvalue weighted by molar-refractivity contribution is 7.92. The van der Waals surface area contributed by atoms with E-state index in [2.05, 4.69) is 30.6 Å².